The molecule has 1 heterocycles. The van der Waals surface area contributed by atoms with Crippen LogP contribution in [0.4, 0.5) is 0 Å². The van der Waals surface area contributed by atoms with Gasteiger partial charge in [-0.2, -0.15) is 4.31 Å². The molecular weight excluding hydrogens is 298 g/mol. The van der Waals surface area contributed by atoms with Gasteiger partial charge in [0.15, 0.2) is 0 Å². The number of methoxy groups -OCH3 is 1. The zero-order chi connectivity index (χ0) is 15.6. The van der Waals surface area contributed by atoms with Crippen molar-refractivity contribution >= 4 is 10.0 Å². The fraction of sp³-hybridized carbons (Fsp3) is 0.294. The number of nitrogens with zero attached hydrogens (tertiary/aromatic N) is 1. The highest BCUT2D eigenvalue weighted by Gasteiger charge is 2.37. The van der Waals surface area contributed by atoms with E-state index in [1.165, 1.54) is 7.11 Å². The molecule has 0 aromatic heterocycles. The Morgan fingerprint density at radius 2 is 1.73 bits per heavy atom. The fourth-order valence-corrected chi connectivity index (χ4v) is 4.83. The second-order valence-electron chi connectivity index (χ2n) is 5.34. The summed E-state index contributed by atoms with van der Waals surface area (Å²) in [4.78, 5) is 0.236. The molecule has 0 radical (unpaired) electrons. The number of rotatable bonds is 4. The molecule has 2 aromatic carbocycles. The van der Waals surface area contributed by atoms with E-state index in [1.54, 1.807) is 28.6 Å². The van der Waals surface area contributed by atoms with E-state index in [-0.39, 0.29) is 10.9 Å². The smallest absolute Gasteiger partial charge is 0.247 e. The number of benzene rings is 2. The Labute approximate surface area is 131 Å². The van der Waals surface area contributed by atoms with Gasteiger partial charge >= 0.3 is 0 Å². The van der Waals surface area contributed by atoms with Crippen LogP contribution >= 0.6 is 0 Å². The molecule has 0 bridgehead atoms. The standard InChI is InChI=1S/C17H19NO3S/c1-21-16-11-5-6-12-17(16)22(19,20)18-13-7-10-15(18)14-8-3-2-4-9-14/h2-6,8-9,11-12,15H,7,10,13H2,1H3. The van der Waals surface area contributed by atoms with Crippen molar-refractivity contribution in [2.24, 2.45) is 0 Å². The first-order valence-electron chi connectivity index (χ1n) is 7.34. The average Bonchev–Trinajstić information content (AvgIpc) is 3.06. The first kappa shape index (κ1) is 15.1. The molecule has 5 heteroatoms. The molecule has 1 saturated heterocycles. The van der Waals surface area contributed by atoms with E-state index in [4.69, 9.17) is 4.74 Å². The second kappa shape index (κ2) is 6.10. The van der Waals surface area contributed by atoms with Gasteiger partial charge in [-0.1, -0.05) is 42.5 Å². The lowest BCUT2D eigenvalue weighted by molar-refractivity contribution is 0.381. The topological polar surface area (TPSA) is 46.6 Å². The summed E-state index contributed by atoms with van der Waals surface area (Å²) in [5.74, 6) is 0.390. The minimum absolute atomic E-state index is 0.101. The van der Waals surface area contributed by atoms with Crippen LogP contribution in [-0.2, 0) is 10.0 Å². The number of sulfonamides is 1. The van der Waals surface area contributed by atoms with Gasteiger partial charge in [0.2, 0.25) is 10.0 Å². The van der Waals surface area contributed by atoms with Crippen LogP contribution in [0.15, 0.2) is 59.5 Å². The first-order valence-corrected chi connectivity index (χ1v) is 8.78. The maximum absolute atomic E-state index is 13.0. The lowest BCUT2D eigenvalue weighted by Gasteiger charge is -2.25. The van der Waals surface area contributed by atoms with E-state index < -0.39 is 10.0 Å². The molecule has 0 aliphatic carbocycles. The molecular formula is C17H19NO3S. The molecule has 0 spiro atoms. The number of hydrogen-bond acceptors (Lipinski definition) is 3. The molecule has 116 valence electrons. The van der Waals surface area contributed by atoms with Gasteiger partial charge in [-0.15, -0.1) is 0 Å². The van der Waals surface area contributed by atoms with E-state index >= 15 is 0 Å². The first-order chi connectivity index (χ1) is 10.6. The van der Waals surface area contributed by atoms with Gasteiger partial charge in [-0.25, -0.2) is 8.42 Å². The fourth-order valence-electron chi connectivity index (χ4n) is 2.99. The lowest BCUT2D eigenvalue weighted by atomic mass is 10.1. The summed E-state index contributed by atoms with van der Waals surface area (Å²) in [7, 11) is -2.08. The summed E-state index contributed by atoms with van der Waals surface area (Å²) >= 11 is 0. The van der Waals surface area contributed by atoms with Crippen LogP contribution in [0.2, 0.25) is 0 Å². The molecule has 1 aliphatic rings. The second-order valence-corrected chi connectivity index (χ2v) is 7.19. The maximum atomic E-state index is 13.0. The zero-order valence-electron chi connectivity index (χ0n) is 12.5. The Balaban J connectivity index is 2.01. The van der Waals surface area contributed by atoms with E-state index in [2.05, 4.69) is 0 Å². The van der Waals surface area contributed by atoms with Crippen LogP contribution in [0.1, 0.15) is 24.4 Å². The van der Waals surface area contributed by atoms with E-state index in [1.807, 2.05) is 30.3 Å². The van der Waals surface area contributed by atoms with Crippen molar-refractivity contribution in [3.8, 4) is 5.75 Å². The molecule has 1 aliphatic heterocycles. The number of hydrogen-bond donors (Lipinski definition) is 0. The highest BCUT2D eigenvalue weighted by Crippen LogP contribution is 2.38. The Bertz CT molecular complexity index is 744. The monoisotopic (exact) mass is 317 g/mol. The van der Waals surface area contributed by atoms with Crippen LogP contribution < -0.4 is 4.74 Å². The highest BCUT2D eigenvalue weighted by molar-refractivity contribution is 7.89. The molecule has 0 N–H and O–H groups in total. The molecule has 22 heavy (non-hydrogen) atoms. The van der Waals surface area contributed by atoms with Gasteiger partial charge in [0.1, 0.15) is 10.6 Å². The third-order valence-electron chi connectivity index (χ3n) is 4.04. The van der Waals surface area contributed by atoms with Crippen molar-refractivity contribution < 1.29 is 13.2 Å². The maximum Gasteiger partial charge on any atom is 0.247 e. The molecule has 1 atom stereocenters. The predicted molar refractivity (Wildman–Crippen MR) is 85.3 cm³/mol. The number of ether oxygens (including phenoxy) is 1. The molecule has 4 nitrogen and oxygen atoms in total. The van der Waals surface area contributed by atoms with Gasteiger partial charge < -0.3 is 4.74 Å². The largest absolute Gasteiger partial charge is 0.495 e. The van der Waals surface area contributed by atoms with Gasteiger partial charge in [0.05, 0.1) is 13.2 Å². The van der Waals surface area contributed by atoms with Crippen LogP contribution in [0.3, 0.4) is 0 Å². The Morgan fingerprint density at radius 3 is 2.45 bits per heavy atom. The van der Waals surface area contributed by atoms with Crippen molar-refractivity contribution in [2.75, 3.05) is 13.7 Å². The van der Waals surface area contributed by atoms with Crippen LogP contribution in [0.5, 0.6) is 5.75 Å². The molecule has 0 saturated carbocycles. The SMILES string of the molecule is COc1ccccc1S(=O)(=O)N1CCCC1c1ccccc1. The summed E-state index contributed by atoms with van der Waals surface area (Å²) in [5, 5.41) is 0. The van der Waals surface area contributed by atoms with E-state index in [0.29, 0.717) is 12.3 Å². The van der Waals surface area contributed by atoms with E-state index in [9.17, 15) is 8.42 Å². The summed E-state index contributed by atoms with van der Waals surface area (Å²) in [6.45, 7) is 0.542. The third kappa shape index (κ3) is 2.62. The van der Waals surface area contributed by atoms with Crippen LogP contribution in [0, 0.1) is 0 Å². The molecule has 3 rings (SSSR count). The Hall–Kier alpha value is -1.85. The van der Waals surface area contributed by atoms with Crippen molar-refractivity contribution in [1.82, 2.24) is 4.31 Å². The lowest BCUT2D eigenvalue weighted by Crippen LogP contribution is -2.31. The minimum Gasteiger partial charge on any atom is -0.495 e. The molecule has 1 unspecified atom stereocenters. The van der Waals surface area contributed by atoms with Crippen molar-refractivity contribution in [1.29, 1.82) is 0 Å². The molecule has 0 amide bonds. The van der Waals surface area contributed by atoms with E-state index in [0.717, 1.165) is 18.4 Å². The van der Waals surface area contributed by atoms with Gasteiger partial charge in [0, 0.05) is 6.54 Å². The quantitative estimate of drug-likeness (QED) is 0.870. The summed E-state index contributed by atoms with van der Waals surface area (Å²) in [5.41, 5.74) is 1.04. The summed E-state index contributed by atoms with van der Waals surface area (Å²) < 4.78 is 32.9. The summed E-state index contributed by atoms with van der Waals surface area (Å²) in [6, 6.07) is 16.5. The average molecular weight is 317 g/mol. The van der Waals surface area contributed by atoms with Gasteiger partial charge in [-0.05, 0) is 30.5 Å². The summed E-state index contributed by atoms with van der Waals surface area (Å²) in [6.07, 6.45) is 1.71. The van der Waals surface area contributed by atoms with Crippen molar-refractivity contribution in [2.45, 2.75) is 23.8 Å². The Kier molecular flexibility index (Phi) is 4.18. The molecule has 2 aromatic rings. The third-order valence-corrected chi connectivity index (χ3v) is 5.99. The van der Waals surface area contributed by atoms with Crippen LogP contribution in [0.25, 0.3) is 0 Å². The number of para-hydroxylation sites is 1. The Morgan fingerprint density at radius 1 is 1.05 bits per heavy atom. The van der Waals surface area contributed by atoms with Crippen molar-refractivity contribution in [3.63, 3.8) is 0 Å². The van der Waals surface area contributed by atoms with Gasteiger partial charge in [0.25, 0.3) is 0 Å². The normalized spacial score (nSPS) is 19.2. The minimum atomic E-state index is -3.57. The zero-order valence-corrected chi connectivity index (χ0v) is 13.3. The predicted octanol–water partition coefficient (Wildman–Crippen LogP) is 3.22. The highest BCUT2D eigenvalue weighted by atomic mass is 32.2. The van der Waals surface area contributed by atoms with Crippen molar-refractivity contribution in [3.05, 3.63) is 60.2 Å². The van der Waals surface area contributed by atoms with Gasteiger partial charge in [-0.3, -0.25) is 0 Å². The van der Waals surface area contributed by atoms with Crippen LogP contribution in [-0.4, -0.2) is 26.4 Å². The molecule has 1 fully saturated rings.